The Labute approximate surface area is 105 Å². The number of amides is 1. The summed E-state index contributed by atoms with van der Waals surface area (Å²) in [5.41, 5.74) is 0.222. The molecular weight excluding hydrogens is 240 g/mol. The van der Waals surface area contributed by atoms with Gasteiger partial charge in [0.15, 0.2) is 5.75 Å². The van der Waals surface area contributed by atoms with Crippen molar-refractivity contribution in [3.05, 3.63) is 11.6 Å². The summed E-state index contributed by atoms with van der Waals surface area (Å²) < 4.78 is 15.2. The average molecular weight is 256 g/mol. The standard InChI is InChI=1S/C11H16N2O5/c1-13(18-5)11(14)7-6-8(15-2)10(17-4)12-9(7)16-3/h6H,1-5H3. The lowest BCUT2D eigenvalue weighted by Gasteiger charge is -2.16. The molecule has 0 radical (unpaired) electrons. The summed E-state index contributed by atoms with van der Waals surface area (Å²) in [6.45, 7) is 0. The van der Waals surface area contributed by atoms with E-state index in [1.54, 1.807) is 0 Å². The minimum absolute atomic E-state index is 0.140. The number of ether oxygens (including phenoxy) is 3. The molecule has 0 N–H and O–H groups in total. The molecule has 1 rings (SSSR count). The van der Waals surface area contributed by atoms with Crippen LogP contribution in [0, 0.1) is 0 Å². The SMILES string of the molecule is COc1cc(C(=O)N(C)OC)c(OC)nc1OC. The number of pyridine rings is 1. The maximum Gasteiger partial charge on any atom is 0.282 e. The number of hydrogen-bond acceptors (Lipinski definition) is 6. The van der Waals surface area contributed by atoms with Gasteiger partial charge >= 0.3 is 0 Å². The first-order chi connectivity index (χ1) is 8.58. The Morgan fingerprint density at radius 2 is 1.72 bits per heavy atom. The van der Waals surface area contributed by atoms with Crippen LogP contribution in [0.25, 0.3) is 0 Å². The number of aromatic nitrogens is 1. The lowest BCUT2D eigenvalue weighted by molar-refractivity contribution is -0.0758. The molecule has 0 aliphatic carbocycles. The van der Waals surface area contributed by atoms with Crippen molar-refractivity contribution < 1.29 is 23.8 Å². The molecule has 0 aliphatic rings. The number of carbonyl (C=O) groups is 1. The van der Waals surface area contributed by atoms with Crippen LogP contribution in [0.3, 0.4) is 0 Å². The van der Waals surface area contributed by atoms with Crippen LogP contribution in [-0.2, 0) is 4.84 Å². The first kappa shape index (κ1) is 14.0. The van der Waals surface area contributed by atoms with Crippen LogP contribution >= 0.6 is 0 Å². The maximum absolute atomic E-state index is 12.0. The Balaban J connectivity index is 3.29. The fourth-order valence-corrected chi connectivity index (χ4v) is 1.32. The number of hydroxylamine groups is 2. The fourth-order valence-electron chi connectivity index (χ4n) is 1.32. The average Bonchev–Trinajstić information content (AvgIpc) is 2.43. The number of rotatable bonds is 5. The van der Waals surface area contributed by atoms with E-state index in [1.807, 2.05) is 0 Å². The van der Waals surface area contributed by atoms with Crippen LogP contribution in [0.15, 0.2) is 6.07 Å². The van der Waals surface area contributed by atoms with Crippen LogP contribution in [0.2, 0.25) is 0 Å². The zero-order chi connectivity index (χ0) is 13.7. The lowest BCUT2D eigenvalue weighted by Crippen LogP contribution is -2.26. The van der Waals surface area contributed by atoms with Crippen molar-refractivity contribution in [2.75, 3.05) is 35.5 Å². The molecule has 7 heteroatoms. The molecule has 1 aromatic rings. The molecule has 0 bridgehead atoms. The number of methoxy groups -OCH3 is 3. The summed E-state index contributed by atoms with van der Waals surface area (Å²) in [4.78, 5) is 20.9. The minimum Gasteiger partial charge on any atom is -0.491 e. The molecule has 1 aromatic heterocycles. The van der Waals surface area contributed by atoms with E-state index in [0.717, 1.165) is 5.06 Å². The summed E-state index contributed by atoms with van der Waals surface area (Å²) >= 11 is 0. The first-order valence-electron chi connectivity index (χ1n) is 5.08. The lowest BCUT2D eigenvalue weighted by atomic mass is 10.2. The molecule has 0 aliphatic heterocycles. The van der Waals surface area contributed by atoms with Gasteiger partial charge in [-0.15, -0.1) is 0 Å². The Bertz CT molecular complexity index is 436. The third kappa shape index (κ3) is 2.62. The van der Waals surface area contributed by atoms with Gasteiger partial charge in [0.1, 0.15) is 5.56 Å². The highest BCUT2D eigenvalue weighted by Gasteiger charge is 2.22. The zero-order valence-corrected chi connectivity index (χ0v) is 11.0. The second-order valence-electron chi connectivity index (χ2n) is 3.24. The van der Waals surface area contributed by atoms with Gasteiger partial charge in [-0.3, -0.25) is 9.63 Å². The zero-order valence-electron chi connectivity index (χ0n) is 11.0. The number of carbonyl (C=O) groups excluding carboxylic acids is 1. The molecule has 18 heavy (non-hydrogen) atoms. The van der Waals surface area contributed by atoms with Crippen molar-refractivity contribution in [2.24, 2.45) is 0 Å². The molecule has 7 nitrogen and oxygen atoms in total. The summed E-state index contributed by atoms with van der Waals surface area (Å²) in [5.74, 6) is 0.321. The molecule has 0 saturated heterocycles. The highest BCUT2D eigenvalue weighted by Crippen LogP contribution is 2.31. The normalized spacial score (nSPS) is 9.83. The van der Waals surface area contributed by atoms with E-state index in [2.05, 4.69) is 4.98 Å². The predicted molar refractivity (Wildman–Crippen MR) is 63.0 cm³/mol. The van der Waals surface area contributed by atoms with Crippen molar-refractivity contribution in [1.82, 2.24) is 10.0 Å². The summed E-state index contributed by atoms with van der Waals surface area (Å²) in [6.07, 6.45) is 0. The van der Waals surface area contributed by atoms with Gasteiger partial charge in [-0.1, -0.05) is 0 Å². The molecule has 100 valence electrons. The monoisotopic (exact) mass is 256 g/mol. The quantitative estimate of drug-likeness (QED) is 0.724. The van der Waals surface area contributed by atoms with Crippen LogP contribution in [-0.4, -0.2) is 51.4 Å². The largest absolute Gasteiger partial charge is 0.491 e. The second-order valence-corrected chi connectivity index (χ2v) is 3.24. The minimum atomic E-state index is -0.400. The second kappa shape index (κ2) is 6.06. The Kier molecular flexibility index (Phi) is 4.73. The predicted octanol–water partition coefficient (Wildman–Crippen LogP) is 0.741. The molecule has 1 heterocycles. The molecular formula is C11H16N2O5. The molecule has 0 spiro atoms. The van der Waals surface area contributed by atoms with Crippen LogP contribution in [0.5, 0.6) is 17.5 Å². The van der Waals surface area contributed by atoms with Gasteiger partial charge in [-0.2, -0.15) is 4.98 Å². The van der Waals surface area contributed by atoms with E-state index in [0.29, 0.717) is 5.75 Å². The Morgan fingerprint density at radius 3 is 2.17 bits per heavy atom. The van der Waals surface area contributed by atoms with Gasteiger partial charge in [-0.05, 0) is 0 Å². The molecule has 0 saturated carbocycles. The molecule has 1 amide bonds. The van der Waals surface area contributed by atoms with Crippen molar-refractivity contribution in [1.29, 1.82) is 0 Å². The Morgan fingerprint density at radius 1 is 1.11 bits per heavy atom. The van der Waals surface area contributed by atoms with Crippen LogP contribution in [0.4, 0.5) is 0 Å². The maximum atomic E-state index is 12.0. The number of hydrogen-bond donors (Lipinski definition) is 0. The van der Waals surface area contributed by atoms with Crippen molar-refractivity contribution in [3.63, 3.8) is 0 Å². The van der Waals surface area contributed by atoms with Gasteiger partial charge in [0.05, 0.1) is 28.4 Å². The van der Waals surface area contributed by atoms with E-state index < -0.39 is 5.91 Å². The highest BCUT2D eigenvalue weighted by atomic mass is 16.7. The first-order valence-corrected chi connectivity index (χ1v) is 5.08. The summed E-state index contributed by atoms with van der Waals surface area (Å²) in [7, 11) is 7.20. The fraction of sp³-hybridized carbons (Fsp3) is 0.455. The van der Waals surface area contributed by atoms with Crippen molar-refractivity contribution >= 4 is 5.91 Å². The summed E-state index contributed by atoms with van der Waals surface area (Å²) in [5, 5.41) is 1.06. The topological polar surface area (TPSA) is 70.1 Å². The molecule has 0 atom stereocenters. The van der Waals surface area contributed by atoms with E-state index in [-0.39, 0.29) is 17.3 Å². The van der Waals surface area contributed by atoms with Gasteiger partial charge in [0, 0.05) is 13.1 Å². The van der Waals surface area contributed by atoms with Gasteiger partial charge < -0.3 is 14.2 Å². The smallest absolute Gasteiger partial charge is 0.282 e. The third-order valence-corrected chi connectivity index (χ3v) is 2.32. The number of nitrogens with zero attached hydrogens (tertiary/aromatic N) is 2. The molecule has 0 fully saturated rings. The van der Waals surface area contributed by atoms with E-state index in [4.69, 9.17) is 19.0 Å². The van der Waals surface area contributed by atoms with E-state index >= 15 is 0 Å². The van der Waals surface area contributed by atoms with E-state index in [1.165, 1.54) is 41.6 Å². The van der Waals surface area contributed by atoms with Gasteiger partial charge in [0.25, 0.3) is 11.8 Å². The van der Waals surface area contributed by atoms with Crippen molar-refractivity contribution in [3.8, 4) is 17.5 Å². The van der Waals surface area contributed by atoms with Crippen LogP contribution in [0.1, 0.15) is 10.4 Å². The van der Waals surface area contributed by atoms with Crippen LogP contribution < -0.4 is 14.2 Å². The Hall–Kier alpha value is -2.02. The third-order valence-electron chi connectivity index (χ3n) is 2.32. The van der Waals surface area contributed by atoms with Gasteiger partial charge in [0.2, 0.25) is 5.88 Å². The van der Waals surface area contributed by atoms with Crippen molar-refractivity contribution in [2.45, 2.75) is 0 Å². The highest BCUT2D eigenvalue weighted by molar-refractivity contribution is 5.96. The van der Waals surface area contributed by atoms with Gasteiger partial charge in [-0.25, -0.2) is 5.06 Å². The molecule has 0 aromatic carbocycles. The van der Waals surface area contributed by atoms with E-state index in [9.17, 15) is 4.79 Å². The summed E-state index contributed by atoms with van der Waals surface area (Å²) in [6, 6.07) is 1.49. The molecule has 0 unspecified atom stereocenters.